The van der Waals surface area contributed by atoms with Gasteiger partial charge in [0, 0.05) is 35.6 Å². The molecule has 150 valence electrons. The SMILES string of the molecule is CSc1nc2c(s1)c(C=N)c(C(=O)NCc1csc(-n3c(C)ccc3C)n1)n2C. The molecule has 0 aliphatic carbocycles. The van der Waals surface area contributed by atoms with Crippen LogP contribution in [0.4, 0.5) is 0 Å². The van der Waals surface area contributed by atoms with Gasteiger partial charge in [0.05, 0.1) is 16.9 Å². The molecule has 0 atom stereocenters. The summed E-state index contributed by atoms with van der Waals surface area (Å²) in [6.45, 7) is 4.42. The highest BCUT2D eigenvalue weighted by Gasteiger charge is 2.23. The van der Waals surface area contributed by atoms with E-state index in [-0.39, 0.29) is 5.91 Å². The van der Waals surface area contributed by atoms with E-state index in [0.717, 1.165) is 36.9 Å². The number of thiazole rings is 2. The second kappa shape index (κ2) is 7.77. The highest BCUT2D eigenvalue weighted by Crippen LogP contribution is 2.33. The Bertz CT molecular complexity index is 1210. The van der Waals surface area contributed by atoms with E-state index in [1.54, 1.807) is 27.7 Å². The van der Waals surface area contributed by atoms with Crippen molar-refractivity contribution in [1.82, 2.24) is 24.4 Å². The maximum absolute atomic E-state index is 12.9. The highest BCUT2D eigenvalue weighted by molar-refractivity contribution is 8.00. The van der Waals surface area contributed by atoms with E-state index in [9.17, 15) is 4.79 Å². The normalized spacial score (nSPS) is 11.3. The topological polar surface area (TPSA) is 88.6 Å². The third-order valence-electron chi connectivity index (χ3n) is 4.71. The van der Waals surface area contributed by atoms with Crippen LogP contribution in [0.15, 0.2) is 21.9 Å². The van der Waals surface area contributed by atoms with Crippen molar-refractivity contribution in [2.75, 3.05) is 6.26 Å². The number of nitrogens with one attached hydrogen (secondary N) is 2. The molecular weight excluding hydrogens is 424 g/mol. The first-order valence-electron chi connectivity index (χ1n) is 8.86. The predicted octanol–water partition coefficient (Wildman–Crippen LogP) is 4.15. The second-order valence-electron chi connectivity index (χ2n) is 6.56. The zero-order valence-electron chi connectivity index (χ0n) is 16.4. The van der Waals surface area contributed by atoms with E-state index in [0.29, 0.717) is 17.8 Å². The summed E-state index contributed by atoms with van der Waals surface area (Å²) in [4.78, 5) is 22.1. The van der Waals surface area contributed by atoms with Gasteiger partial charge in [-0.2, -0.15) is 0 Å². The van der Waals surface area contributed by atoms with E-state index in [4.69, 9.17) is 5.41 Å². The third-order valence-corrected chi connectivity index (χ3v) is 7.65. The lowest BCUT2D eigenvalue weighted by molar-refractivity contribution is 0.0942. The van der Waals surface area contributed by atoms with Gasteiger partial charge in [-0.25, -0.2) is 9.97 Å². The minimum Gasteiger partial charge on any atom is -0.345 e. The number of thioether (sulfide) groups is 1. The van der Waals surface area contributed by atoms with Crippen LogP contribution < -0.4 is 5.32 Å². The van der Waals surface area contributed by atoms with Crippen molar-refractivity contribution in [2.45, 2.75) is 24.7 Å². The number of hydrogen-bond donors (Lipinski definition) is 2. The summed E-state index contributed by atoms with van der Waals surface area (Å²) in [5, 5.41) is 13.6. The number of carbonyl (C=O) groups is 1. The molecule has 0 aliphatic heterocycles. The van der Waals surface area contributed by atoms with Gasteiger partial charge >= 0.3 is 0 Å². The summed E-state index contributed by atoms with van der Waals surface area (Å²) in [5.74, 6) is -0.232. The van der Waals surface area contributed by atoms with Gasteiger partial charge in [0.1, 0.15) is 5.69 Å². The fraction of sp³-hybridized carbons (Fsp3) is 0.263. The minimum atomic E-state index is -0.232. The molecule has 0 fully saturated rings. The van der Waals surface area contributed by atoms with Crippen LogP contribution in [-0.4, -0.2) is 37.5 Å². The zero-order chi connectivity index (χ0) is 20.7. The molecule has 29 heavy (non-hydrogen) atoms. The maximum atomic E-state index is 12.9. The Balaban J connectivity index is 1.56. The zero-order valence-corrected chi connectivity index (χ0v) is 18.9. The van der Waals surface area contributed by atoms with Crippen LogP contribution in [-0.2, 0) is 13.6 Å². The number of fused-ring (bicyclic) bond motifs is 1. The van der Waals surface area contributed by atoms with Crippen molar-refractivity contribution in [3.05, 3.63) is 45.9 Å². The monoisotopic (exact) mass is 444 g/mol. The van der Waals surface area contributed by atoms with Crippen molar-refractivity contribution in [3.63, 3.8) is 0 Å². The molecular formula is C19H20N6OS3. The molecule has 0 spiro atoms. The molecule has 0 unspecified atom stereocenters. The summed E-state index contributed by atoms with van der Waals surface area (Å²) >= 11 is 4.62. The van der Waals surface area contributed by atoms with E-state index in [1.165, 1.54) is 17.6 Å². The summed E-state index contributed by atoms with van der Waals surface area (Å²) in [7, 11) is 1.81. The molecule has 4 heterocycles. The van der Waals surface area contributed by atoms with Gasteiger partial charge in [-0.1, -0.05) is 11.8 Å². The van der Waals surface area contributed by atoms with Gasteiger partial charge in [0.15, 0.2) is 15.1 Å². The Hall–Kier alpha value is -2.43. The van der Waals surface area contributed by atoms with E-state index >= 15 is 0 Å². The molecule has 4 aromatic heterocycles. The van der Waals surface area contributed by atoms with Crippen LogP contribution in [0.2, 0.25) is 0 Å². The number of nitrogens with zero attached hydrogens (tertiary/aromatic N) is 4. The average Bonchev–Trinajstić information content (AvgIpc) is 3.45. The average molecular weight is 445 g/mol. The molecule has 0 saturated heterocycles. The summed E-state index contributed by atoms with van der Waals surface area (Å²) in [5.41, 5.74) is 4.86. The molecule has 0 bridgehead atoms. The Kier molecular flexibility index (Phi) is 5.32. The fourth-order valence-electron chi connectivity index (χ4n) is 3.29. The van der Waals surface area contributed by atoms with Crippen molar-refractivity contribution >= 4 is 56.9 Å². The largest absolute Gasteiger partial charge is 0.345 e. The minimum absolute atomic E-state index is 0.232. The summed E-state index contributed by atoms with van der Waals surface area (Å²) < 4.78 is 5.65. The molecule has 7 nitrogen and oxygen atoms in total. The Labute approximate surface area is 180 Å². The molecule has 0 radical (unpaired) electrons. The first-order valence-corrected chi connectivity index (χ1v) is 11.8. The maximum Gasteiger partial charge on any atom is 0.269 e. The van der Waals surface area contributed by atoms with Crippen LogP contribution in [0.3, 0.4) is 0 Å². The lowest BCUT2D eigenvalue weighted by atomic mass is 10.2. The predicted molar refractivity (Wildman–Crippen MR) is 120 cm³/mol. The summed E-state index contributed by atoms with van der Waals surface area (Å²) in [6.07, 6.45) is 3.20. The molecule has 0 saturated carbocycles. The van der Waals surface area contributed by atoms with Crippen LogP contribution in [0.5, 0.6) is 0 Å². The molecule has 4 aromatic rings. The third kappa shape index (κ3) is 3.41. The first-order chi connectivity index (χ1) is 13.9. The van der Waals surface area contributed by atoms with Gasteiger partial charge < -0.3 is 15.3 Å². The number of rotatable bonds is 6. The second-order valence-corrected chi connectivity index (χ2v) is 9.45. The number of aryl methyl sites for hydroxylation is 3. The number of carbonyl (C=O) groups excluding carboxylic acids is 1. The highest BCUT2D eigenvalue weighted by atomic mass is 32.2. The molecule has 2 N–H and O–H groups in total. The van der Waals surface area contributed by atoms with E-state index < -0.39 is 0 Å². The smallest absolute Gasteiger partial charge is 0.269 e. The fourth-order valence-corrected chi connectivity index (χ4v) is 5.84. The number of aromatic nitrogens is 4. The van der Waals surface area contributed by atoms with Gasteiger partial charge in [-0.15, -0.1) is 22.7 Å². The quantitative estimate of drug-likeness (QED) is 0.345. The molecule has 4 rings (SSSR count). The van der Waals surface area contributed by atoms with E-state index in [2.05, 4.69) is 32.0 Å². The van der Waals surface area contributed by atoms with Crippen molar-refractivity contribution in [3.8, 4) is 5.13 Å². The van der Waals surface area contributed by atoms with Crippen LogP contribution in [0.1, 0.15) is 33.1 Å². The van der Waals surface area contributed by atoms with Crippen LogP contribution in [0, 0.1) is 19.3 Å². The van der Waals surface area contributed by atoms with Crippen LogP contribution >= 0.6 is 34.4 Å². The molecule has 0 aromatic carbocycles. The lowest BCUT2D eigenvalue weighted by Crippen LogP contribution is -2.26. The first kappa shape index (κ1) is 19.9. The van der Waals surface area contributed by atoms with Gasteiger partial charge in [0.2, 0.25) is 0 Å². The van der Waals surface area contributed by atoms with Crippen molar-refractivity contribution in [2.24, 2.45) is 7.05 Å². The van der Waals surface area contributed by atoms with Crippen molar-refractivity contribution < 1.29 is 4.79 Å². The number of hydrogen-bond acceptors (Lipinski definition) is 7. The van der Waals surface area contributed by atoms with E-state index in [1.807, 2.05) is 32.5 Å². The van der Waals surface area contributed by atoms with Crippen LogP contribution in [0.25, 0.3) is 15.5 Å². The van der Waals surface area contributed by atoms with Gasteiger partial charge in [-0.3, -0.25) is 9.36 Å². The standard InChI is InChI=1S/C19H20N6OS3/c1-10-5-6-11(2)25(10)18-22-12(9-28-18)8-21-17(26)14-13(7-20)15-16(24(14)3)23-19(27-4)29-15/h5-7,9,20H,8H2,1-4H3,(H,21,26). The Morgan fingerprint density at radius 1 is 1.31 bits per heavy atom. The lowest BCUT2D eigenvalue weighted by Gasteiger charge is -2.07. The van der Waals surface area contributed by atoms with Crippen molar-refractivity contribution in [1.29, 1.82) is 5.41 Å². The Morgan fingerprint density at radius 3 is 2.69 bits per heavy atom. The van der Waals surface area contributed by atoms with Gasteiger partial charge in [-0.05, 0) is 32.2 Å². The number of amides is 1. The molecule has 10 heteroatoms. The summed E-state index contributed by atoms with van der Waals surface area (Å²) in [6, 6.07) is 4.13. The molecule has 1 amide bonds. The van der Waals surface area contributed by atoms with Gasteiger partial charge in [0.25, 0.3) is 5.91 Å². The Morgan fingerprint density at radius 2 is 2.03 bits per heavy atom. The molecule has 0 aliphatic rings.